The number of H-pyrrole nitrogens is 1. The number of carbonyl (C=O) groups is 10. The number of imidazole rings is 1. The molecule has 0 spiro atoms. The number of hydrogen-bond donors (Lipinski definition) is 17. The lowest BCUT2D eigenvalue weighted by Crippen LogP contribution is -2.61. The topological polar surface area (TPSA) is 464 Å². The summed E-state index contributed by atoms with van der Waals surface area (Å²) in [6.07, 6.45) is -0.691. The van der Waals surface area contributed by atoms with Gasteiger partial charge in [0.25, 0.3) is 0 Å². The molecular weight excluding hydrogens is 997 g/mol. The Bertz CT molecular complexity index is 2490. The number of aliphatic hydroxyl groups excluding tert-OH is 1. The summed E-state index contributed by atoms with van der Waals surface area (Å²) in [6, 6.07) is 1.80. The van der Waals surface area contributed by atoms with Crippen LogP contribution in [0.2, 0.25) is 0 Å². The van der Waals surface area contributed by atoms with Crippen molar-refractivity contribution in [3.05, 3.63) is 83.9 Å². The molecular formula is C48H66N14O14. The molecule has 1 fully saturated rings. The smallest absolute Gasteiger partial charge is 0.326 e. The zero-order valence-electron chi connectivity index (χ0n) is 41.5. The van der Waals surface area contributed by atoms with Gasteiger partial charge >= 0.3 is 11.9 Å². The van der Waals surface area contributed by atoms with E-state index in [2.05, 4.69) is 57.8 Å². The summed E-state index contributed by atoms with van der Waals surface area (Å²) >= 11 is 0. The number of nitrogens with zero attached hydrogens (tertiary/aromatic N) is 1. The van der Waals surface area contributed by atoms with Crippen molar-refractivity contribution in [1.82, 2.24) is 57.8 Å². The highest BCUT2D eigenvalue weighted by Crippen LogP contribution is 2.14. The minimum Gasteiger partial charge on any atom is -0.508 e. The van der Waals surface area contributed by atoms with Crippen molar-refractivity contribution >= 4 is 65.2 Å². The van der Waals surface area contributed by atoms with Crippen molar-refractivity contribution in [2.24, 2.45) is 11.5 Å². The van der Waals surface area contributed by atoms with Crippen LogP contribution < -0.4 is 59.3 Å². The van der Waals surface area contributed by atoms with Gasteiger partial charge in [0.05, 0.1) is 30.6 Å². The van der Waals surface area contributed by atoms with E-state index in [4.69, 9.17) is 16.9 Å². The predicted molar refractivity (Wildman–Crippen MR) is 268 cm³/mol. The van der Waals surface area contributed by atoms with E-state index in [1.165, 1.54) is 43.7 Å². The molecule has 76 heavy (non-hydrogen) atoms. The Labute approximate surface area is 435 Å². The molecule has 1 aromatic heterocycles. The molecule has 9 atom stereocenters. The monoisotopic (exact) mass is 1060 g/mol. The number of hydrogen-bond acceptors (Lipinski definition) is 15. The lowest BCUT2D eigenvalue weighted by molar-refractivity contribution is -0.142. The molecule has 1 aliphatic heterocycles. The number of phenols is 1. The van der Waals surface area contributed by atoms with E-state index in [-0.39, 0.29) is 50.1 Å². The van der Waals surface area contributed by atoms with Gasteiger partial charge in [0, 0.05) is 38.4 Å². The third kappa shape index (κ3) is 20.3. The average molecular weight is 1060 g/mol. The number of primary amides is 1. The molecule has 1 saturated heterocycles. The maximum Gasteiger partial charge on any atom is 0.326 e. The molecule has 0 saturated carbocycles. The molecule has 2 aromatic carbocycles. The van der Waals surface area contributed by atoms with E-state index in [9.17, 15) is 68.4 Å². The highest BCUT2D eigenvalue weighted by Gasteiger charge is 2.37. The SMILES string of the molecule is C[C@@H](O)[C@H](NC(=O)[C@@H]1CCCN1)C(=O)N[C@@H](CC(=O)O)C(=O)N[C@@H](CCCNC(=N)N)C(=O)N[C@@H](CCC(N)=O)C(=O)N[C@@H](Cc1ccc(O)cc1)C(=O)N[C@@H](Cc1c[nH]cn1)C(=O)N[C@@H](Cc1ccccc1)C(=O)O. The Morgan fingerprint density at radius 1 is 0.697 bits per heavy atom. The van der Waals surface area contributed by atoms with Crippen molar-refractivity contribution in [1.29, 1.82) is 5.41 Å². The number of aromatic amines is 1. The number of amides is 8. The zero-order chi connectivity index (χ0) is 55.9. The van der Waals surface area contributed by atoms with E-state index >= 15 is 0 Å². The first kappa shape index (κ1) is 59.9. The normalized spacial score (nSPS) is 16.1. The zero-order valence-corrected chi connectivity index (χ0v) is 41.5. The van der Waals surface area contributed by atoms with Crippen molar-refractivity contribution in [3.8, 4) is 5.75 Å². The van der Waals surface area contributed by atoms with Crippen LogP contribution in [0.5, 0.6) is 5.75 Å². The number of benzene rings is 2. The number of carboxylic acid groups (broad SMARTS) is 2. The lowest BCUT2D eigenvalue weighted by Gasteiger charge is -2.28. The maximum atomic E-state index is 14.4. The third-order valence-corrected chi connectivity index (χ3v) is 11.9. The second-order valence-corrected chi connectivity index (χ2v) is 18.0. The van der Waals surface area contributed by atoms with Gasteiger partial charge in [0.2, 0.25) is 47.3 Å². The van der Waals surface area contributed by atoms with E-state index in [1.807, 2.05) is 0 Å². The molecule has 28 nitrogen and oxygen atoms in total. The summed E-state index contributed by atoms with van der Waals surface area (Å²) in [5.74, 6) is -11.5. The van der Waals surface area contributed by atoms with Gasteiger partial charge in [0.15, 0.2) is 5.96 Å². The summed E-state index contributed by atoms with van der Waals surface area (Å²) in [4.78, 5) is 140. The molecule has 2 heterocycles. The van der Waals surface area contributed by atoms with Gasteiger partial charge in [-0.2, -0.15) is 0 Å². The van der Waals surface area contributed by atoms with E-state index in [0.717, 1.165) is 0 Å². The molecule has 8 amide bonds. The quantitative estimate of drug-likeness (QED) is 0.0165. The van der Waals surface area contributed by atoms with Crippen molar-refractivity contribution in [3.63, 3.8) is 0 Å². The molecule has 0 aliphatic carbocycles. The Morgan fingerprint density at radius 2 is 1.24 bits per heavy atom. The number of phenolic OH excluding ortho intramolecular Hbond substituents is 1. The standard InChI is InChI=1S/C48H66N14O14/c1-25(63)39(62-40(68)30-9-5-17-53-30)46(74)60-35(22-38(66)67)45(73)56-31(10-6-18-54-48(50)51)41(69)57-32(15-16-37(49)65)42(70)58-33(19-27-11-13-29(64)14-12-27)43(71)59-34(21-28-23-52-24-55-28)44(72)61-36(47(75)76)20-26-7-3-2-4-8-26/h2-4,7-8,11-14,23-25,30-36,39,53,63-64H,5-6,9-10,15-22H2,1H3,(H2,49,65)(H,52,55)(H,56,73)(H,57,69)(H,58,70)(H,59,71)(H,60,74)(H,61,72)(H,62,68)(H,66,67)(H,75,76)(H4,50,51,54)/t25-,30+,31+,32+,33+,34+,35+,36+,39+/m1/s1. The van der Waals surface area contributed by atoms with Gasteiger partial charge in [-0.25, -0.2) is 9.78 Å². The number of aliphatic hydroxyl groups is 1. The van der Waals surface area contributed by atoms with E-state index in [0.29, 0.717) is 30.5 Å². The van der Waals surface area contributed by atoms with Gasteiger partial charge in [-0.05, 0) is 68.8 Å². The lowest BCUT2D eigenvalue weighted by atomic mass is 10.0. The largest absolute Gasteiger partial charge is 0.508 e. The van der Waals surface area contributed by atoms with Crippen LogP contribution in [-0.4, -0.2) is 163 Å². The van der Waals surface area contributed by atoms with Crippen LogP contribution >= 0.6 is 0 Å². The van der Waals surface area contributed by atoms with Crippen LogP contribution in [0, 0.1) is 5.41 Å². The first-order valence-corrected chi connectivity index (χ1v) is 24.2. The Hall–Kier alpha value is -8.66. The minimum atomic E-state index is -1.91. The van der Waals surface area contributed by atoms with E-state index in [1.54, 1.807) is 30.3 Å². The Balaban J connectivity index is 1.62. The molecule has 3 aromatic rings. The van der Waals surface area contributed by atoms with Crippen LogP contribution in [0.4, 0.5) is 0 Å². The number of rotatable bonds is 31. The first-order chi connectivity index (χ1) is 36.1. The summed E-state index contributed by atoms with van der Waals surface area (Å²) in [7, 11) is 0. The number of carboxylic acids is 2. The van der Waals surface area contributed by atoms with Gasteiger partial charge in [-0.1, -0.05) is 42.5 Å². The van der Waals surface area contributed by atoms with Crippen LogP contribution in [0.1, 0.15) is 68.7 Å². The van der Waals surface area contributed by atoms with E-state index < -0.39 is 139 Å². The number of carbonyl (C=O) groups excluding carboxylic acids is 8. The maximum absolute atomic E-state index is 14.4. The summed E-state index contributed by atoms with van der Waals surface area (Å²) < 4.78 is 0. The average Bonchev–Trinajstić information content (AvgIpc) is 4.11. The van der Waals surface area contributed by atoms with Crippen LogP contribution in [0.25, 0.3) is 0 Å². The van der Waals surface area contributed by atoms with Gasteiger partial charge in [-0.3, -0.25) is 48.6 Å². The molecule has 0 bridgehead atoms. The molecule has 4 rings (SSSR count). The number of aliphatic carboxylic acids is 2. The van der Waals surface area contributed by atoms with Gasteiger partial charge < -0.3 is 84.7 Å². The summed E-state index contributed by atoms with van der Waals surface area (Å²) in [5, 5.41) is 70.1. The Morgan fingerprint density at radius 3 is 1.78 bits per heavy atom. The van der Waals surface area contributed by atoms with Crippen LogP contribution in [-0.2, 0) is 67.2 Å². The van der Waals surface area contributed by atoms with Crippen LogP contribution in [0.15, 0.2) is 67.1 Å². The molecule has 412 valence electrons. The fraction of sp³-hybridized carbons (Fsp3) is 0.458. The number of nitrogens with one attached hydrogen (secondary N) is 11. The van der Waals surface area contributed by atoms with Gasteiger partial charge in [-0.15, -0.1) is 0 Å². The molecule has 28 heteroatoms. The Kier molecular flexibility index (Phi) is 23.6. The molecule has 0 unspecified atom stereocenters. The fourth-order valence-electron chi connectivity index (χ4n) is 7.88. The fourth-order valence-corrected chi connectivity index (χ4v) is 7.88. The third-order valence-electron chi connectivity index (χ3n) is 11.9. The first-order valence-electron chi connectivity index (χ1n) is 24.2. The number of aromatic hydroxyl groups is 1. The predicted octanol–water partition coefficient (Wildman–Crippen LogP) is -4.24. The number of aromatic nitrogens is 2. The van der Waals surface area contributed by atoms with Gasteiger partial charge in [0.1, 0.15) is 48.0 Å². The number of guanidine groups is 1. The molecule has 1 aliphatic rings. The highest BCUT2D eigenvalue weighted by molar-refractivity contribution is 5.98. The number of nitrogens with two attached hydrogens (primary N) is 2. The van der Waals surface area contributed by atoms with Crippen molar-refractivity contribution in [2.75, 3.05) is 13.1 Å². The second-order valence-electron chi connectivity index (χ2n) is 18.0. The minimum absolute atomic E-state index is 0.00124. The second kappa shape index (κ2) is 29.9. The summed E-state index contributed by atoms with van der Waals surface area (Å²) in [6.45, 7) is 1.69. The molecule has 0 radical (unpaired) electrons. The van der Waals surface area contributed by atoms with Crippen LogP contribution in [0.3, 0.4) is 0 Å². The van der Waals surface area contributed by atoms with Crippen molar-refractivity contribution < 1.29 is 68.4 Å². The highest BCUT2D eigenvalue weighted by atomic mass is 16.4. The summed E-state index contributed by atoms with van der Waals surface area (Å²) in [5.41, 5.74) is 12.1. The molecule has 19 N–H and O–H groups in total. The van der Waals surface area contributed by atoms with Crippen molar-refractivity contribution in [2.45, 2.75) is 126 Å².